The third-order valence-electron chi connectivity index (χ3n) is 3.36. The predicted molar refractivity (Wildman–Crippen MR) is 69.0 cm³/mol. The maximum absolute atomic E-state index is 12.2. The second-order valence-electron chi connectivity index (χ2n) is 4.65. The van der Waals surface area contributed by atoms with Gasteiger partial charge in [0, 0.05) is 31.6 Å². The molecule has 2 N–H and O–H groups in total. The van der Waals surface area contributed by atoms with E-state index < -0.39 is 17.4 Å². The van der Waals surface area contributed by atoms with Crippen molar-refractivity contribution in [3.05, 3.63) is 35.4 Å². The van der Waals surface area contributed by atoms with Crippen molar-refractivity contribution in [2.45, 2.75) is 18.4 Å². The largest absolute Gasteiger partial charge is 0.480 e. The Kier molecular flexibility index (Phi) is 4.01. The SMILES string of the molecule is N#Cc1cccc(C(=O)NC2(C(=O)O)CCOCC2)c1. The monoisotopic (exact) mass is 274 g/mol. The van der Waals surface area contributed by atoms with Gasteiger partial charge in [-0.2, -0.15) is 5.26 Å². The molecule has 2 rings (SSSR count). The van der Waals surface area contributed by atoms with Gasteiger partial charge in [0.15, 0.2) is 0 Å². The summed E-state index contributed by atoms with van der Waals surface area (Å²) in [5.74, 6) is -1.56. The molecule has 104 valence electrons. The first kappa shape index (κ1) is 14.0. The molecule has 1 aromatic rings. The summed E-state index contributed by atoms with van der Waals surface area (Å²) < 4.78 is 5.14. The second kappa shape index (κ2) is 5.72. The molecule has 6 heteroatoms. The van der Waals surface area contributed by atoms with Gasteiger partial charge in [0.2, 0.25) is 0 Å². The number of amides is 1. The Morgan fingerprint density at radius 1 is 1.35 bits per heavy atom. The minimum atomic E-state index is -1.29. The van der Waals surface area contributed by atoms with Gasteiger partial charge in [-0.25, -0.2) is 4.79 Å². The van der Waals surface area contributed by atoms with Gasteiger partial charge in [0.25, 0.3) is 5.91 Å². The van der Waals surface area contributed by atoms with Gasteiger partial charge in [-0.3, -0.25) is 4.79 Å². The normalized spacial score (nSPS) is 16.9. The van der Waals surface area contributed by atoms with Crippen molar-refractivity contribution < 1.29 is 19.4 Å². The molecule has 20 heavy (non-hydrogen) atoms. The van der Waals surface area contributed by atoms with Gasteiger partial charge in [0.05, 0.1) is 11.6 Å². The standard InChI is InChI=1S/C14H14N2O4/c15-9-10-2-1-3-11(8-10)12(17)16-14(13(18)19)4-6-20-7-5-14/h1-3,8H,4-7H2,(H,16,17)(H,18,19). The van der Waals surface area contributed by atoms with Crippen molar-refractivity contribution in [1.82, 2.24) is 5.32 Å². The van der Waals surface area contributed by atoms with Crippen LogP contribution in [0.25, 0.3) is 0 Å². The molecule has 1 fully saturated rings. The molecule has 1 heterocycles. The number of benzene rings is 1. The van der Waals surface area contributed by atoms with Crippen molar-refractivity contribution >= 4 is 11.9 Å². The molecule has 1 amide bonds. The Balaban J connectivity index is 2.20. The Labute approximate surface area is 116 Å². The zero-order valence-corrected chi connectivity index (χ0v) is 10.8. The van der Waals surface area contributed by atoms with E-state index >= 15 is 0 Å². The Bertz CT molecular complexity index is 571. The van der Waals surface area contributed by atoms with Crippen LogP contribution < -0.4 is 5.32 Å². The average molecular weight is 274 g/mol. The lowest BCUT2D eigenvalue weighted by atomic mass is 9.89. The quantitative estimate of drug-likeness (QED) is 0.853. The molecule has 1 aromatic carbocycles. The van der Waals surface area contributed by atoms with Crippen LogP contribution in [0.2, 0.25) is 0 Å². The first-order valence-electron chi connectivity index (χ1n) is 6.21. The van der Waals surface area contributed by atoms with Crippen LogP contribution in [-0.2, 0) is 9.53 Å². The van der Waals surface area contributed by atoms with Gasteiger partial charge >= 0.3 is 5.97 Å². The number of aliphatic carboxylic acids is 1. The van der Waals surface area contributed by atoms with Crippen LogP contribution in [0.1, 0.15) is 28.8 Å². The zero-order chi connectivity index (χ0) is 14.6. The van der Waals surface area contributed by atoms with Crippen LogP contribution >= 0.6 is 0 Å². The molecule has 0 bridgehead atoms. The highest BCUT2D eigenvalue weighted by molar-refractivity contribution is 5.98. The van der Waals surface area contributed by atoms with Crippen LogP contribution in [0, 0.1) is 11.3 Å². The minimum Gasteiger partial charge on any atom is -0.480 e. The number of carboxylic acid groups (broad SMARTS) is 1. The van der Waals surface area contributed by atoms with E-state index in [9.17, 15) is 14.7 Å². The lowest BCUT2D eigenvalue weighted by molar-refractivity contribution is -0.148. The van der Waals surface area contributed by atoms with Crippen LogP contribution in [0.4, 0.5) is 0 Å². The average Bonchev–Trinajstić information content (AvgIpc) is 2.48. The molecule has 1 saturated heterocycles. The summed E-state index contributed by atoms with van der Waals surface area (Å²) in [5, 5.41) is 20.7. The third kappa shape index (κ3) is 2.78. The van der Waals surface area contributed by atoms with Gasteiger partial charge < -0.3 is 15.2 Å². The van der Waals surface area contributed by atoms with E-state index in [2.05, 4.69) is 5.32 Å². The number of rotatable bonds is 3. The van der Waals surface area contributed by atoms with Gasteiger partial charge in [0.1, 0.15) is 5.54 Å². The summed E-state index contributed by atoms with van der Waals surface area (Å²) >= 11 is 0. The number of carbonyl (C=O) groups excluding carboxylic acids is 1. The molecule has 0 aliphatic carbocycles. The smallest absolute Gasteiger partial charge is 0.329 e. The summed E-state index contributed by atoms with van der Waals surface area (Å²) in [6.45, 7) is 0.593. The first-order chi connectivity index (χ1) is 9.57. The van der Waals surface area contributed by atoms with Crippen LogP contribution in [0.3, 0.4) is 0 Å². The van der Waals surface area contributed by atoms with Crippen molar-refractivity contribution in [3.8, 4) is 6.07 Å². The molecular formula is C14H14N2O4. The van der Waals surface area contributed by atoms with E-state index in [1.165, 1.54) is 6.07 Å². The van der Waals surface area contributed by atoms with Crippen molar-refractivity contribution in [1.29, 1.82) is 5.26 Å². The highest BCUT2D eigenvalue weighted by Crippen LogP contribution is 2.22. The van der Waals surface area contributed by atoms with E-state index in [0.29, 0.717) is 18.8 Å². The summed E-state index contributed by atoms with van der Waals surface area (Å²) in [6, 6.07) is 8.09. The van der Waals surface area contributed by atoms with E-state index in [1.54, 1.807) is 18.2 Å². The van der Waals surface area contributed by atoms with Crippen molar-refractivity contribution in [2.75, 3.05) is 13.2 Å². The van der Waals surface area contributed by atoms with E-state index in [-0.39, 0.29) is 18.4 Å². The van der Waals surface area contributed by atoms with Crippen LogP contribution in [-0.4, -0.2) is 35.7 Å². The number of nitrogens with zero attached hydrogens (tertiary/aromatic N) is 1. The fraction of sp³-hybridized carbons (Fsp3) is 0.357. The molecule has 6 nitrogen and oxygen atoms in total. The Hall–Kier alpha value is -2.39. The molecule has 0 aromatic heterocycles. The molecule has 1 aliphatic heterocycles. The van der Waals surface area contributed by atoms with Crippen LogP contribution in [0.15, 0.2) is 24.3 Å². The topological polar surface area (TPSA) is 99.4 Å². The molecular weight excluding hydrogens is 260 g/mol. The van der Waals surface area contributed by atoms with E-state index in [0.717, 1.165) is 0 Å². The highest BCUT2D eigenvalue weighted by atomic mass is 16.5. The van der Waals surface area contributed by atoms with Gasteiger partial charge in [-0.05, 0) is 18.2 Å². The number of hydrogen-bond acceptors (Lipinski definition) is 4. The zero-order valence-electron chi connectivity index (χ0n) is 10.8. The fourth-order valence-corrected chi connectivity index (χ4v) is 2.13. The van der Waals surface area contributed by atoms with Crippen molar-refractivity contribution in [3.63, 3.8) is 0 Å². The van der Waals surface area contributed by atoms with Gasteiger partial charge in [-0.1, -0.05) is 6.07 Å². The number of nitriles is 1. The van der Waals surface area contributed by atoms with E-state index in [1.807, 2.05) is 6.07 Å². The maximum atomic E-state index is 12.2. The summed E-state index contributed by atoms with van der Waals surface area (Å²) in [7, 11) is 0. The number of carboxylic acids is 1. The molecule has 0 unspecified atom stereocenters. The van der Waals surface area contributed by atoms with Crippen LogP contribution in [0.5, 0.6) is 0 Å². The number of hydrogen-bond donors (Lipinski definition) is 2. The first-order valence-corrected chi connectivity index (χ1v) is 6.21. The third-order valence-corrected chi connectivity index (χ3v) is 3.36. The summed E-state index contributed by atoms with van der Waals surface area (Å²) in [6.07, 6.45) is 0.456. The van der Waals surface area contributed by atoms with E-state index in [4.69, 9.17) is 10.00 Å². The number of nitrogens with one attached hydrogen (secondary N) is 1. The fourth-order valence-electron chi connectivity index (χ4n) is 2.13. The lowest BCUT2D eigenvalue weighted by Gasteiger charge is -2.33. The maximum Gasteiger partial charge on any atom is 0.329 e. The Morgan fingerprint density at radius 2 is 2.05 bits per heavy atom. The molecule has 0 radical (unpaired) electrons. The minimum absolute atomic E-state index is 0.228. The molecule has 1 aliphatic rings. The number of carbonyl (C=O) groups is 2. The molecule has 0 spiro atoms. The van der Waals surface area contributed by atoms with Crippen molar-refractivity contribution in [2.24, 2.45) is 0 Å². The highest BCUT2D eigenvalue weighted by Gasteiger charge is 2.41. The predicted octanol–water partition coefficient (Wildman–Crippen LogP) is 0.922. The van der Waals surface area contributed by atoms with Gasteiger partial charge in [-0.15, -0.1) is 0 Å². The molecule has 0 saturated carbocycles. The summed E-state index contributed by atoms with van der Waals surface area (Å²) in [5.41, 5.74) is -0.664. The number of ether oxygens (including phenoxy) is 1. The summed E-state index contributed by atoms with van der Waals surface area (Å²) in [4.78, 5) is 23.6. The molecule has 0 atom stereocenters. The second-order valence-corrected chi connectivity index (χ2v) is 4.65. The Morgan fingerprint density at radius 3 is 2.65 bits per heavy atom. The lowest BCUT2D eigenvalue weighted by Crippen LogP contribution is -2.57.